The van der Waals surface area contributed by atoms with Crippen molar-refractivity contribution in [2.75, 3.05) is 26.2 Å². The molecule has 96 valence electrons. The Kier molecular flexibility index (Phi) is 3.54. The molecule has 0 saturated carbocycles. The smallest absolute Gasteiger partial charge is 0.320 e. The van der Waals surface area contributed by atoms with E-state index in [1.54, 1.807) is 4.90 Å². The lowest BCUT2D eigenvalue weighted by molar-refractivity contribution is -0.139. The van der Waals surface area contributed by atoms with Crippen LogP contribution in [0.3, 0.4) is 0 Å². The zero-order valence-corrected chi connectivity index (χ0v) is 10.3. The number of nitrogens with zero attached hydrogens (tertiary/aromatic N) is 2. The van der Waals surface area contributed by atoms with Gasteiger partial charge in [0.05, 0.1) is 6.42 Å². The fourth-order valence-corrected chi connectivity index (χ4v) is 2.64. The summed E-state index contributed by atoms with van der Waals surface area (Å²) < 4.78 is 0. The van der Waals surface area contributed by atoms with E-state index in [4.69, 9.17) is 5.11 Å². The minimum Gasteiger partial charge on any atom is -0.481 e. The molecule has 2 aliphatic heterocycles. The molecule has 1 N–H and O–H groups in total. The van der Waals surface area contributed by atoms with Gasteiger partial charge in [-0.3, -0.25) is 4.79 Å². The first-order valence-electron chi connectivity index (χ1n) is 6.35. The van der Waals surface area contributed by atoms with E-state index in [1.165, 1.54) is 0 Å². The number of carboxylic acid groups (broad SMARTS) is 1. The number of rotatable bonds is 3. The van der Waals surface area contributed by atoms with Gasteiger partial charge >= 0.3 is 12.0 Å². The van der Waals surface area contributed by atoms with Crippen molar-refractivity contribution >= 4 is 12.0 Å². The Morgan fingerprint density at radius 1 is 1.18 bits per heavy atom. The van der Waals surface area contributed by atoms with Crippen LogP contribution in [0.4, 0.5) is 4.79 Å². The molecule has 5 nitrogen and oxygen atoms in total. The van der Waals surface area contributed by atoms with E-state index in [1.807, 2.05) is 4.90 Å². The van der Waals surface area contributed by atoms with Crippen LogP contribution in [0, 0.1) is 11.8 Å². The van der Waals surface area contributed by atoms with Gasteiger partial charge in [0.1, 0.15) is 0 Å². The van der Waals surface area contributed by atoms with Crippen LogP contribution in [-0.4, -0.2) is 53.1 Å². The average Bonchev–Trinajstić information content (AvgIpc) is 2.70. The average molecular weight is 240 g/mol. The Labute approximate surface area is 101 Å². The van der Waals surface area contributed by atoms with Crippen LogP contribution in [0.15, 0.2) is 0 Å². The van der Waals surface area contributed by atoms with E-state index in [-0.39, 0.29) is 18.4 Å². The number of hydrogen-bond donors (Lipinski definition) is 1. The van der Waals surface area contributed by atoms with Gasteiger partial charge in [-0.05, 0) is 12.3 Å². The monoisotopic (exact) mass is 240 g/mol. The molecular weight excluding hydrogens is 220 g/mol. The van der Waals surface area contributed by atoms with E-state index in [0.29, 0.717) is 19.0 Å². The molecule has 0 radical (unpaired) electrons. The predicted octanol–water partition coefficient (Wildman–Crippen LogP) is 1.24. The summed E-state index contributed by atoms with van der Waals surface area (Å²) in [6, 6.07) is 0.0996. The van der Waals surface area contributed by atoms with Gasteiger partial charge in [-0.1, -0.05) is 13.3 Å². The minimum atomic E-state index is -0.769. The van der Waals surface area contributed by atoms with Gasteiger partial charge in [-0.15, -0.1) is 0 Å². The van der Waals surface area contributed by atoms with Gasteiger partial charge in [0.25, 0.3) is 0 Å². The third-order valence-electron chi connectivity index (χ3n) is 3.82. The van der Waals surface area contributed by atoms with Crippen LogP contribution < -0.4 is 0 Å². The highest BCUT2D eigenvalue weighted by atomic mass is 16.4. The Morgan fingerprint density at radius 2 is 1.82 bits per heavy atom. The molecule has 0 aromatic carbocycles. The number of amides is 2. The molecule has 1 unspecified atom stereocenters. The van der Waals surface area contributed by atoms with Gasteiger partial charge in [0.15, 0.2) is 0 Å². The molecule has 0 aromatic rings. The van der Waals surface area contributed by atoms with E-state index >= 15 is 0 Å². The first kappa shape index (κ1) is 12.2. The number of aliphatic carboxylic acids is 1. The summed E-state index contributed by atoms with van der Waals surface area (Å²) in [4.78, 5) is 26.2. The fourth-order valence-electron chi connectivity index (χ4n) is 2.64. The zero-order chi connectivity index (χ0) is 12.4. The van der Waals surface area contributed by atoms with Crippen molar-refractivity contribution in [1.82, 2.24) is 9.80 Å². The second-order valence-corrected chi connectivity index (χ2v) is 5.16. The molecule has 0 aromatic heterocycles. The third-order valence-corrected chi connectivity index (χ3v) is 3.82. The molecule has 5 heteroatoms. The van der Waals surface area contributed by atoms with Crippen molar-refractivity contribution in [2.24, 2.45) is 11.8 Å². The highest BCUT2D eigenvalue weighted by molar-refractivity contribution is 5.76. The summed E-state index contributed by atoms with van der Waals surface area (Å²) >= 11 is 0. The second-order valence-electron chi connectivity index (χ2n) is 5.16. The number of carbonyl (C=O) groups excluding carboxylic acids is 1. The molecule has 0 aliphatic carbocycles. The zero-order valence-electron chi connectivity index (χ0n) is 10.3. The first-order valence-corrected chi connectivity index (χ1v) is 6.35. The Bertz CT molecular complexity index is 313. The molecule has 0 spiro atoms. The van der Waals surface area contributed by atoms with Gasteiger partial charge in [-0.2, -0.15) is 0 Å². The van der Waals surface area contributed by atoms with Crippen LogP contribution in [0.1, 0.15) is 26.2 Å². The molecule has 2 amide bonds. The van der Waals surface area contributed by atoms with Crippen molar-refractivity contribution in [3.05, 3.63) is 0 Å². The maximum Gasteiger partial charge on any atom is 0.320 e. The predicted molar refractivity (Wildman–Crippen MR) is 62.7 cm³/mol. The molecule has 0 bridgehead atoms. The summed E-state index contributed by atoms with van der Waals surface area (Å²) in [5.41, 5.74) is 0. The molecule has 17 heavy (non-hydrogen) atoms. The molecule has 2 saturated heterocycles. The van der Waals surface area contributed by atoms with E-state index in [0.717, 1.165) is 25.9 Å². The van der Waals surface area contributed by atoms with Crippen LogP contribution in [0.2, 0.25) is 0 Å². The summed E-state index contributed by atoms with van der Waals surface area (Å²) in [7, 11) is 0. The highest BCUT2D eigenvalue weighted by Gasteiger charge is 2.36. The van der Waals surface area contributed by atoms with E-state index in [2.05, 4.69) is 6.92 Å². The van der Waals surface area contributed by atoms with Crippen molar-refractivity contribution in [3.63, 3.8) is 0 Å². The maximum absolute atomic E-state index is 12.0. The molecule has 2 aliphatic rings. The second kappa shape index (κ2) is 4.94. The lowest BCUT2D eigenvalue weighted by Crippen LogP contribution is -2.54. The van der Waals surface area contributed by atoms with Crippen LogP contribution in [0.25, 0.3) is 0 Å². The van der Waals surface area contributed by atoms with Gasteiger partial charge in [0, 0.05) is 32.1 Å². The number of carboxylic acids is 1. The molecule has 2 rings (SSSR count). The number of likely N-dealkylation sites (tertiary alicyclic amines) is 2. The molecule has 2 heterocycles. The normalized spacial score (nSPS) is 24.9. The minimum absolute atomic E-state index is 0.0996. The summed E-state index contributed by atoms with van der Waals surface area (Å²) in [6.07, 6.45) is 2.42. The summed E-state index contributed by atoms with van der Waals surface area (Å²) in [6.45, 7) is 5.11. The molecule has 1 atom stereocenters. The number of urea groups is 1. The number of hydrogen-bond acceptors (Lipinski definition) is 2. The maximum atomic E-state index is 12.0. The van der Waals surface area contributed by atoms with Crippen LogP contribution >= 0.6 is 0 Å². The number of carbonyl (C=O) groups is 2. The molecular formula is C12H20N2O3. The fraction of sp³-hybridized carbons (Fsp3) is 0.833. The quantitative estimate of drug-likeness (QED) is 0.807. The lowest BCUT2D eigenvalue weighted by atomic mass is 9.97. The SMILES string of the molecule is CCC1CCN(C(=O)N2CC(CC(=O)O)C2)C1. The third kappa shape index (κ3) is 2.70. The van der Waals surface area contributed by atoms with Crippen molar-refractivity contribution < 1.29 is 14.7 Å². The van der Waals surface area contributed by atoms with Gasteiger partial charge < -0.3 is 14.9 Å². The largest absolute Gasteiger partial charge is 0.481 e. The van der Waals surface area contributed by atoms with Crippen LogP contribution in [-0.2, 0) is 4.79 Å². The van der Waals surface area contributed by atoms with Crippen molar-refractivity contribution in [3.8, 4) is 0 Å². The first-order chi connectivity index (χ1) is 8.10. The van der Waals surface area contributed by atoms with Gasteiger partial charge in [0.2, 0.25) is 0 Å². The van der Waals surface area contributed by atoms with Crippen molar-refractivity contribution in [2.45, 2.75) is 26.2 Å². The summed E-state index contributed by atoms with van der Waals surface area (Å²) in [5.74, 6) is 0.0328. The highest BCUT2D eigenvalue weighted by Crippen LogP contribution is 2.25. The topological polar surface area (TPSA) is 60.9 Å². The Hall–Kier alpha value is -1.26. The van der Waals surface area contributed by atoms with Crippen molar-refractivity contribution in [1.29, 1.82) is 0 Å². The lowest BCUT2D eigenvalue weighted by Gasteiger charge is -2.40. The van der Waals surface area contributed by atoms with Gasteiger partial charge in [-0.25, -0.2) is 4.79 Å². The van der Waals surface area contributed by atoms with E-state index in [9.17, 15) is 9.59 Å². The van der Waals surface area contributed by atoms with E-state index < -0.39 is 5.97 Å². The standard InChI is InChI=1S/C12H20N2O3/c1-2-9-3-4-13(6-9)12(17)14-7-10(8-14)5-11(15)16/h9-10H,2-8H2,1H3,(H,15,16). The summed E-state index contributed by atoms with van der Waals surface area (Å²) in [5, 5.41) is 8.64. The Balaban J connectivity index is 1.74. The van der Waals surface area contributed by atoms with Crippen LogP contribution in [0.5, 0.6) is 0 Å². The molecule has 2 fully saturated rings. The Morgan fingerprint density at radius 3 is 2.35 bits per heavy atom.